The highest BCUT2D eigenvalue weighted by Crippen LogP contribution is 2.23. The lowest BCUT2D eigenvalue weighted by Crippen LogP contribution is -2.57. The molecule has 0 aliphatic carbocycles. The Morgan fingerprint density at radius 3 is 2.83 bits per heavy atom. The van der Waals surface area contributed by atoms with E-state index >= 15 is 0 Å². The number of nitrogens with zero attached hydrogens (tertiary/aromatic N) is 3. The summed E-state index contributed by atoms with van der Waals surface area (Å²) in [4.78, 5) is 12.3. The zero-order chi connectivity index (χ0) is 17.1. The second kappa shape index (κ2) is 7.17. The average molecular weight is 359 g/mol. The van der Waals surface area contributed by atoms with Crippen molar-refractivity contribution in [2.24, 2.45) is 4.99 Å². The van der Waals surface area contributed by atoms with Gasteiger partial charge in [-0.2, -0.15) is 0 Å². The first kappa shape index (κ1) is 18.2. The number of rotatable bonds is 4. The first-order chi connectivity index (χ1) is 10.7. The molecule has 1 aliphatic heterocycles. The summed E-state index contributed by atoms with van der Waals surface area (Å²) in [6.45, 7) is 10.0. The van der Waals surface area contributed by atoms with E-state index in [1.807, 2.05) is 20.0 Å². The molecule has 0 aromatic carbocycles. The van der Waals surface area contributed by atoms with Crippen LogP contribution in [0.3, 0.4) is 0 Å². The molecule has 1 aliphatic rings. The molecule has 130 valence electrons. The van der Waals surface area contributed by atoms with Gasteiger partial charge in [0.1, 0.15) is 0 Å². The van der Waals surface area contributed by atoms with Crippen molar-refractivity contribution in [1.82, 2.24) is 15.2 Å². The zero-order valence-corrected chi connectivity index (χ0v) is 15.9. The van der Waals surface area contributed by atoms with Crippen LogP contribution in [0.1, 0.15) is 30.7 Å². The summed E-state index contributed by atoms with van der Waals surface area (Å²) >= 11 is 1.69. The fraction of sp³-hybridized carbons (Fsp3) is 0.733. The molecule has 1 fully saturated rings. The molecule has 1 aromatic rings. The van der Waals surface area contributed by atoms with Gasteiger partial charge in [0.15, 0.2) is 15.8 Å². The number of nitrogens with one attached hydrogen (secondary N) is 1. The molecule has 0 unspecified atom stereocenters. The molecule has 0 bridgehead atoms. The van der Waals surface area contributed by atoms with E-state index in [1.54, 1.807) is 25.2 Å². The van der Waals surface area contributed by atoms with Gasteiger partial charge < -0.3 is 10.2 Å². The van der Waals surface area contributed by atoms with Crippen LogP contribution in [0.2, 0.25) is 0 Å². The Morgan fingerprint density at radius 2 is 2.26 bits per heavy atom. The summed E-state index contributed by atoms with van der Waals surface area (Å²) in [6.07, 6.45) is 2.69. The first-order valence-corrected chi connectivity index (χ1v) is 10.4. The number of aryl methyl sites for hydroxylation is 1. The summed E-state index contributed by atoms with van der Waals surface area (Å²) in [6, 6.07) is 0. The van der Waals surface area contributed by atoms with Crippen molar-refractivity contribution >= 4 is 27.1 Å². The van der Waals surface area contributed by atoms with Crippen LogP contribution in [0.25, 0.3) is 0 Å². The number of hydrogen-bond donors (Lipinski definition) is 1. The molecule has 0 amide bonds. The van der Waals surface area contributed by atoms with Crippen LogP contribution in [-0.4, -0.2) is 60.9 Å². The number of aromatic nitrogens is 1. The topological polar surface area (TPSA) is 74.7 Å². The standard InChI is InChI=1S/C15H26N4O2S2/c1-5-16-14(17-7-6-13-18-10-12(2)22-13)19-8-9-23(20,21)15(3,4)11-19/h10H,5-9,11H2,1-4H3,(H,16,17). The molecule has 23 heavy (non-hydrogen) atoms. The SMILES string of the molecule is CCNC(=NCCc1ncc(C)s1)N1CCS(=O)(=O)C(C)(C)C1. The largest absolute Gasteiger partial charge is 0.357 e. The van der Waals surface area contributed by atoms with Crippen molar-refractivity contribution in [3.05, 3.63) is 16.1 Å². The minimum Gasteiger partial charge on any atom is -0.357 e. The van der Waals surface area contributed by atoms with Gasteiger partial charge in [-0.05, 0) is 27.7 Å². The quantitative estimate of drug-likeness (QED) is 0.652. The van der Waals surface area contributed by atoms with E-state index in [1.165, 1.54) is 4.88 Å². The van der Waals surface area contributed by atoms with E-state index in [0.29, 0.717) is 19.6 Å². The van der Waals surface area contributed by atoms with Crippen molar-refractivity contribution in [3.63, 3.8) is 0 Å². The lowest BCUT2D eigenvalue weighted by molar-refractivity contribution is 0.353. The Hall–Kier alpha value is -1.15. The van der Waals surface area contributed by atoms with E-state index in [9.17, 15) is 8.42 Å². The van der Waals surface area contributed by atoms with Gasteiger partial charge in [0.2, 0.25) is 0 Å². The molecular weight excluding hydrogens is 332 g/mol. The molecule has 0 radical (unpaired) electrons. The summed E-state index contributed by atoms with van der Waals surface area (Å²) < 4.78 is 23.5. The van der Waals surface area contributed by atoms with E-state index in [2.05, 4.69) is 20.2 Å². The van der Waals surface area contributed by atoms with Crippen molar-refractivity contribution in [2.45, 2.75) is 38.9 Å². The van der Waals surface area contributed by atoms with Gasteiger partial charge in [-0.15, -0.1) is 11.3 Å². The molecular formula is C15H26N4O2S2. The van der Waals surface area contributed by atoms with E-state index in [4.69, 9.17) is 0 Å². The molecule has 8 heteroatoms. The lowest BCUT2D eigenvalue weighted by atomic mass is 10.2. The minimum atomic E-state index is -3.04. The monoisotopic (exact) mass is 358 g/mol. The highest BCUT2D eigenvalue weighted by Gasteiger charge is 2.40. The third kappa shape index (κ3) is 4.44. The summed E-state index contributed by atoms with van der Waals surface area (Å²) in [5.41, 5.74) is 0. The normalized spacial score (nSPS) is 20.5. The van der Waals surface area contributed by atoms with Crippen molar-refractivity contribution in [2.75, 3.05) is 31.9 Å². The van der Waals surface area contributed by atoms with Gasteiger partial charge in [-0.3, -0.25) is 4.99 Å². The molecule has 0 spiro atoms. The second-order valence-electron chi connectivity index (χ2n) is 6.35. The third-order valence-electron chi connectivity index (χ3n) is 3.93. The Labute approximate surface area is 142 Å². The smallest absolute Gasteiger partial charge is 0.194 e. The fourth-order valence-electron chi connectivity index (χ4n) is 2.52. The average Bonchev–Trinajstić information content (AvgIpc) is 2.87. The molecule has 1 N–H and O–H groups in total. The molecule has 1 saturated heterocycles. The Kier molecular flexibility index (Phi) is 5.67. The van der Waals surface area contributed by atoms with Gasteiger partial charge in [-0.1, -0.05) is 0 Å². The van der Waals surface area contributed by atoms with Crippen molar-refractivity contribution < 1.29 is 8.42 Å². The number of hydrogen-bond acceptors (Lipinski definition) is 5. The summed E-state index contributed by atoms with van der Waals surface area (Å²) in [5, 5.41) is 4.36. The maximum absolute atomic E-state index is 12.1. The number of sulfone groups is 1. The molecule has 6 nitrogen and oxygen atoms in total. The minimum absolute atomic E-state index is 0.177. The molecule has 2 rings (SSSR count). The van der Waals surface area contributed by atoms with Crippen LogP contribution in [0, 0.1) is 6.92 Å². The van der Waals surface area contributed by atoms with Crippen molar-refractivity contribution in [3.8, 4) is 0 Å². The van der Waals surface area contributed by atoms with Gasteiger partial charge in [0.25, 0.3) is 0 Å². The third-order valence-corrected chi connectivity index (χ3v) is 7.44. The number of aliphatic imine (C=N–C) groups is 1. The maximum Gasteiger partial charge on any atom is 0.194 e. The molecule has 0 saturated carbocycles. The number of guanidine groups is 1. The van der Waals surface area contributed by atoms with E-state index in [-0.39, 0.29) is 5.75 Å². The Balaban J connectivity index is 2.04. The Bertz CT molecular complexity index is 665. The fourth-order valence-corrected chi connectivity index (χ4v) is 4.67. The van der Waals surface area contributed by atoms with Gasteiger partial charge in [0, 0.05) is 43.7 Å². The van der Waals surface area contributed by atoms with Gasteiger partial charge in [-0.25, -0.2) is 13.4 Å². The molecule has 2 heterocycles. The van der Waals surface area contributed by atoms with Crippen LogP contribution in [0.5, 0.6) is 0 Å². The Morgan fingerprint density at radius 1 is 1.52 bits per heavy atom. The summed E-state index contributed by atoms with van der Waals surface area (Å²) in [7, 11) is -3.04. The lowest BCUT2D eigenvalue weighted by Gasteiger charge is -2.39. The highest BCUT2D eigenvalue weighted by molar-refractivity contribution is 7.92. The van der Waals surface area contributed by atoms with Crippen LogP contribution >= 0.6 is 11.3 Å². The predicted octanol–water partition coefficient (Wildman–Crippen LogP) is 1.47. The van der Waals surface area contributed by atoms with Gasteiger partial charge >= 0.3 is 0 Å². The zero-order valence-electron chi connectivity index (χ0n) is 14.3. The molecule has 1 aromatic heterocycles. The van der Waals surface area contributed by atoms with E-state index < -0.39 is 14.6 Å². The molecule has 0 atom stereocenters. The second-order valence-corrected chi connectivity index (χ2v) is 10.4. The highest BCUT2D eigenvalue weighted by atomic mass is 32.2. The maximum atomic E-state index is 12.1. The predicted molar refractivity (Wildman–Crippen MR) is 96.0 cm³/mol. The summed E-state index contributed by atoms with van der Waals surface area (Å²) in [5.74, 6) is 0.972. The van der Waals surface area contributed by atoms with Crippen LogP contribution < -0.4 is 5.32 Å². The van der Waals surface area contributed by atoms with E-state index in [0.717, 1.165) is 23.9 Å². The van der Waals surface area contributed by atoms with Crippen LogP contribution in [0.4, 0.5) is 0 Å². The number of thiazole rings is 1. The van der Waals surface area contributed by atoms with Gasteiger partial charge in [0.05, 0.1) is 15.5 Å². The van der Waals surface area contributed by atoms with Crippen LogP contribution in [-0.2, 0) is 16.3 Å². The first-order valence-electron chi connectivity index (χ1n) is 7.92. The van der Waals surface area contributed by atoms with Crippen molar-refractivity contribution in [1.29, 1.82) is 0 Å². The van der Waals surface area contributed by atoms with Crippen LogP contribution in [0.15, 0.2) is 11.2 Å².